The number of hydrogen-bond donors (Lipinski definition) is 3. The first-order chi connectivity index (χ1) is 9.70. The molecule has 0 aromatic carbocycles. The molecular formula is C11H18N4O5S. The van der Waals surface area contributed by atoms with Crippen LogP contribution in [0.2, 0.25) is 0 Å². The van der Waals surface area contributed by atoms with Crippen LogP contribution < -0.4 is 10.6 Å². The predicted molar refractivity (Wildman–Crippen MR) is 74.8 cm³/mol. The van der Waals surface area contributed by atoms with E-state index >= 15 is 0 Å². The molecule has 1 aromatic rings. The van der Waals surface area contributed by atoms with E-state index in [0.717, 1.165) is 10.9 Å². The molecule has 0 bridgehead atoms. The average molecular weight is 318 g/mol. The van der Waals surface area contributed by atoms with Gasteiger partial charge in [-0.2, -0.15) is 5.10 Å². The summed E-state index contributed by atoms with van der Waals surface area (Å²) in [6.45, 7) is 0.366. The Bertz CT molecular complexity index is 646. The molecule has 2 heterocycles. The first kappa shape index (κ1) is 15.6. The van der Waals surface area contributed by atoms with Crippen LogP contribution in [-0.2, 0) is 21.2 Å². The van der Waals surface area contributed by atoms with E-state index in [1.54, 1.807) is 4.90 Å². The van der Waals surface area contributed by atoms with Crippen molar-refractivity contribution in [2.24, 2.45) is 0 Å². The predicted octanol–water partition coefficient (Wildman–Crippen LogP) is -1.09. The molecule has 2 rings (SSSR count). The molecule has 118 valence electrons. The zero-order valence-corrected chi connectivity index (χ0v) is 12.4. The number of rotatable bonds is 4. The quantitative estimate of drug-likeness (QED) is 0.637. The van der Waals surface area contributed by atoms with E-state index in [1.807, 2.05) is 0 Å². The Morgan fingerprint density at radius 2 is 2.00 bits per heavy atom. The van der Waals surface area contributed by atoms with Gasteiger partial charge < -0.3 is 20.8 Å². The minimum Gasteiger partial charge on any atom is -0.480 e. The summed E-state index contributed by atoms with van der Waals surface area (Å²) in [6, 6.07) is 0. The standard InChI is InChI=1S/C11H18N4O5S/c1-21(19,20)9-10(12)15(6-8(17)18)13-11(9)14-4-2-7(16)3-5-14/h7,16H,2-6,12H2,1H3,(H,17,18). The Kier molecular flexibility index (Phi) is 4.10. The number of nitrogen functional groups attached to an aromatic ring is 1. The number of nitrogens with two attached hydrogens (primary N) is 1. The summed E-state index contributed by atoms with van der Waals surface area (Å²) in [6.07, 6.45) is 1.58. The van der Waals surface area contributed by atoms with Crippen LogP contribution in [0.3, 0.4) is 0 Å². The van der Waals surface area contributed by atoms with Gasteiger partial charge in [-0.3, -0.25) is 4.79 Å². The van der Waals surface area contributed by atoms with Crippen LogP contribution in [0.5, 0.6) is 0 Å². The second kappa shape index (κ2) is 5.53. The maximum Gasteiger partial charge on any atom is 0.325 e. The Hall–Kier alpha value is -1.81. The smallest absolute Gasteiger partial charge is 0.325 e. The fourth-order valence-corrected chi connectivity index (χ4v) is 3.32. The summed E-state index contributed by atoms with van der Waals surface area (Å²) < 4.78 is 24.8. The normalized spacial score (nSPS) is 17.1. The zero-order valence-electron chi connectivity index (χ0n) is 11.6. The molecule has 0 aliphatic carbocycles. The van der Waals surface area contributed by atoms with Crippen LogP contribution in [0.25, 0.3) is 0 Å². The number of carbonyl (C=O) groups is 1. The van der Waals surface area contributed by atoms with E-state index in [9.17, 15) is 18.3 Å². The van der Waals surface area contributed by atoms with E-state index < -0.39 is 28.5 Å². The average Bonchev–Trinajstić information content (AvgIpc) is 2.66. The maximum atomic E-state index is 11.9. The number of piperidine rings is 1. The van der Waals surface area contributed by atoms with Gasteiger partial charge in [-0.15, -0.1) is 0 Å². The van der Waals surface area contributed by atoms with Crippen molar-refractivity contribution in [2.45, 2.75) is 30.4 Å². The number of hydrogen-bond acceptors (Lipinski definition) is 7. The third kappa shape index (κ3) is 3.27. The van der Waals surface area contributed by atoms with Gasteiger partial charge in [0.05, 0.1) is 6.10 Å². The molecule has 10 heteroatoms. The number of aliphatic hydroxyl groups excluding tert-OH is 1. The van der Waals surface area contributed by atoms with Crippen molar-refractivity contribution in [2.75, 3.05) is 30.0 Å². The van der Waals surface area contributed by atoms with Crippen LogP contribution in [-0.4, -0.2) is 59.8 Å². The van der Waals surface area contributed by atoms with E-state index in [4.69, 9.17) is 10.8 Å². The van der Waals surface area contributed by atoms with Crippen molar-refractivity contribution in [1.82, 2.24) is 9.78 Å². The molecule has 1 saturated heterocycles. The summed E-state index contributed by atoms with van der Waals surface area (Å²) in [4.78, 5) is 12.4. The monoisotopic (exact) mass is 318 g/mol. The molecule has 1 fully saturated rings. The molecule has 0 spiro atoms. The molecule has 0 unspecified atom stereocenters. The fraction of sp³-hybridized carbons (Fsp3) is 0.636. The van der Waals surface area contributed by atoms with Gasteiger partial charge >= 0.3 is 5.97 Å². The number of anilines is 2. The van der Waals surface area contributed by atoms with Gasteiger partial charge in [0.1, 0.15) is 12.4 Å². The van der Waals surface area contributed by atoms with Gasteiger partial charge in [0.25, 0.3) is 0 Å². The lowest BCUT2D eigenvalue weighted by atomic mass is 10.1. The first-order valence-electron chi connectivity index (χ1n) is 6.41. The molecule has 0 saturated carbocycles. The summed E-state index contributed by atoms with van der Waals surface area (Å²) in [5.74, 6) is -1.19. The van der Waals surface area contributed by atoms with Crippen LogP contribution in [0.15, 0.2) is 4.90 Å². The number of carboxylic acid groups (broad SMARTS) is 1. The minimum atomic E-state index is -3.65. The van der Waals surface area contributed by atoms with Crippen LogP contribution in [0, 0.1) is 0 Å². The van der Waals surface area contributed by atoms with Gasteiger partial charge in [0.2, 0.25) is 0 Å². The highest BCUT2D eigenvalue weighted by molar-refractivity contribution is 7.91. The molecule has 1 aliphatic heterocycles. The Balaban J connectivity index is 2.46. The fourth-order valence-electron chi connectivity index (χ4n) is 2.33. The second-order valence-corrected chi connectivity index (χ2v) is 7.03. The molecule has 1 aliphatic rings. The molecule has 0 radical (unpaired) electrons. The molecule has 4 N–H and O–H groups in total. The number of carboxylic acids is 1. The Morgan fingerprint density at radius 1 is 1.43 bits per heavy atom. The highest BCUT2D eigenvalue weighted by Gasteiger charge is 2.30. The SMILES string of the molecule is CS(=O)(=O)c1c(N2CCC(O)CC2)nn(CC(=O)O)c1N. The van der Waals surface area contributed by atoms with Crippen molar-refractivity contribution < 1.29 is 23.4 Å². The van der Waals surface area contributed by atoms with Crippen molar-refractivity contribution in [1.29, 1.82) is 0 Å². The molecule has 0 amide bonds. The van der Waals surface area contributed by atoms with Crippen molar-refractivity contribution in [3.8, 4) is 0 Å². The van der Waals surface area contributed by atoms with Crippen molar-refractivity contribution in [3.63, 3.8) is 0 Å². The third-order valence-electron chi connectivity index (χ3n) is 3.35. The number of aliphatic carboxylic acids is 1. The topological polar surface area (TPSA) is 139 Å². The molecule has 0 atom stereocenters. The van der Waals surface area contributed by atoms with Gasteiger partial charge in [0.15, 0.2) is 20.6 Å². The lowest BCUT2D eigenvalue weighted by molar-refractivity contribution is -0.137. The number of sulfone groups is 1. The van der Waals surface area contributed by atoms with Crippen LogP contribution >= 0.6 is 0 Å². The zero-order chi connectivity index (χ0) is 15.8. The van der Waals surface area contributed by atoms with Gasteiger partial charge in [-0.05, 0) is 12.8 Å². The first-order valence-corrected chi connectivity index (χ1v) is 8.30. The summed E-state index contributed by atoms with van der Waals surface area (Å²) in [7, 11) is -3.65. The largest absolute Gasteiger partial charge is 0.480 e. The summed E-state index contributed by atoms with van der Waals surface area (Å²) in [5.41, 5.74) is 5.75. The Labute approximate surface area is 121 Å². The van der Waals surface area contributed by atoms with Crippen molar-refractivity contribution in [3.05, 3.63) is 0 Å². The number of aromatic nitrogens is 2. The van der Waals surface area contributed by atoms with Gasteiger partial charge in [-0.25, -0.2) is 13.1 Å². The van der Waals surface area contributed by atoms with Gasteiger partial charge in [0, 0.05) is 19.3 Å². The van der Waals surface area contributed by atoms with E-state index in [2.05, 4.69) is 5.10 Å². The second-order valence-electron chi connectivity index (χ2n) is 5.08. The Morgan fingerprint density at radius 3 is 2.48 bits per heavy atom. The van der Waals surface area contributed by atoms with Crippen molar-refractivity contribution >= 4 is 27.4 Å². The van der Waals surface area contributed by atoms with E-state index in [0.29, 0.717) is 25.9 Å². The summed E-state index contributed by atoms with van der Waals surface area (Å²) >= 11 is 0. The lowest BCUT2D eigenvalue weighted by Gasteiger charge is -2.30. The molecular weight excluding hydrogens is 300 g/mol. The van der Waals surface area contributed by atoms with Gasteiger partial charge in [-0.1, -0.05) is 0 Å². The highest BCUT2D eigenvalue weighted by Crippen LogP contribution is 2.31. The minimum absolute atomic E-state index is 0.153. The van der Waals surface area contributed by atoms with E-state index in [1.165, 1.54) is 0 Å². The molecule has 21 heavy (non-hydrogen) atoms. The van der Waals surface area contributed by atoms with E-state index in [-0.39, 0.29) is 16.5 Å². The van der Waals surface area contributed by atoms with Crippen LogP contribution in [0.1, 0.15) is 12.8 Å². The number of aliphatic hydroxyl groups is 1. The maximum absolute atomic E-state index is 11.9. The summed E-state index contributed by atoms with van der Waals surface area (Å²) in [5, 5.41) is 22.4. The third-order valence-corrected chi connectivity index (χ3v) is 4.48. The molecule has 1 aromatic heterocycles. The lowest BCUT2D eigenvalue weighted by Crippen LogP contribution is -2.36. The number of nitrogens with zero attached hydrogens (tertiary/aromatic N) is 3. The molecule has 9 nitrogen and oxygen atoms in total. The highest BCUT2D eigenvalue weighted by atomic mass is 32.2. The van der Waals surface area contributed by atoms with Crippen LogP contribution in [0.4, 0.5) is 11.6 Å².